The fourth-order valence-corrected chi connectivity index (χ4v) is 4.69. The normalized spacial score (nSPS) is 11.4. The van der Waals surface area contributed by atoms with E-state index in [0.717, 1.165) is 41.7 Å². The molecule has 3 aromatic carbocycles. The highest BCUT2D eigenvalue weighted by Gasteiger charge is 2.16. The summed E-state index contributed by atoms with van der Waals surface area (Å²) in [7, 11) is 0. The zero-order valence-electron chi connectivity index (χ0n) is 21.4. The molecule has 0 aliphatic rings. The third-order valence-electron chi connectivity index (χ3n) is 6.70. The number of nitrogens with zero attached hydrogens (tertiary/aromatic N) is 5. The van der Waals surface area contributed by atoms with Gasteiger partial charge in [-0.3, -0.25) is 9.69 Å². The molecule has 37 heavy (non-hydrogen) atoms. The molecule has 0 saturated carbocycles. The molecule has 0 amide bonds. The minimum Gasteiger partial charge on any atom is -0.322 e. The molecular formula is C30H32N6O. The molecule has 0 aliphatic carbocycles. The van der Waals surface area contributed by atoms with E-state index >= 15 is 0 Å². The van der Waals surface area contributed by atoms with Crippen molar-refractivity contribution < 1.29 is 0 Å². The summed E-state index contributed by atoms with van der Waals surface area (Å²) in [6, 6.07) is 27.0. The monoisotopic (exact) mass is 492 g/mol. The van der Waals surface area contributed by atoms with Crippen LogP contribution in [0.2, 0.25) is 0 Å². The van der Waals surface area contributed by atoms with Gasteiger partial charge in [0.05, 0.1) is 6.54 Å². The highest BCUT2D eigenvalue weighted by atomic mass is 16.1. The van der Waals surface area contributed by atoms with Crippen molar-refractivity contribution in [2.75, 3.05) is 6.54 Å². The quantitative estimate of drug-likeness (QED) is 0.308. The molecule has 5 rings (SSSR count). The van der Waals surface area contributed by atoms with E-state index in [1.165, 1.54) is 22.3 Å². The van der Waals surface area contributed by atoms with Crippen LogP contribution in [0.3, 0.4) is 0 Å². The standard InChI is InChI=1S/C30H32N6O/c1-22-7-6-10-25(17-22)13-15-35(20-27-19-26-18-23(2)11-12-28(26)31-30(27)37)21-29-32-33-34-36(29)16-14-24-8-4-3-5-9-24/h3-12,17-19H,13-16,20-21H2,1-2H3,(H,31,37). The molecule has 188 valence electrons. The van der Waals surface area contributed by atoms with Gasteiger partial charge < -0.3 is 4.98 Å². The van der Waals surface area contributed by atoms with E-state index in [1.807, 2.05) is 41.1 Å². The molecule has 0 atom stereocenters. The Morgan fingerprint density at radius 2 is 1.65 bits per heavy atom. The van der Waals surface area contributed by atoms with E-state index in [0.29, 0.717) is 19.6 Å². The number of rotatable bonds is 10. The third-order valence-corrected chi connectivity index (χ3v) is 6.70. The maximum Gasteiger partial charge on any atom is 0.252 e. The van der Waals surface area contributed by atoms with Crippen LogP contribution in [0.1, 0.15) is 33.6 Å². The topological polar surface area (TPSA) is 79.7 Å². The summed E-state index contributed by atoms with van der Waals surface area (Å²) in [6.45, 7) is 6.72. The van der Waals surface area contributed by atoms with Crippen LogP contribution in [0.25, 0.3) is 10.9 Å². The number of fused-ring (bicyclic) bond motifs is 1. The molecule has 0 fully saturated rings. The van der Waals surface area contributed by atoms with Gasteiger partial charge in [0.15, 0.2) is 5.82 Å². The molecule has 0 unspecified atom stereocenters. The van der Waals surface area contributed by atoms with Gasteiger partial charge in [0.2, 0.25) is 0 Å². The van der Waals surface area contributed by atoms with Crippen LogP contribution in [0.15, 0.2) is 83.7 Å². The summed E-state index contributed by atoms with van der Waals surface area (Å²) in [5, 5.41) is 13.6. The molecule has 2 aromatic heterocycles. The van der Waals surface area contributed by atoms with Crippen LogP contribution in [0.4, 0.5) is 0 Å². The van der Waals surface area contributed by atoms with Crippen LogP contribution in [-0.4, -0.2) is 36.6 Å². The number of aromatic nitrogens is 5. The minimum absolute atomic E-state index is 0.0550. The van der Waals surface area contributed by atoms with Gasteiger partial charge in [0.1, 0.15) is 0 Å². The van der Waals surface area contributed by atoms with Gasteiger partial charge in [-0.2, -0.15) is 0 Å². The van der Waals surface area contributed by atoms with Crippen LogP contribution >= 0.6 is 0 Å². The molecule has 0 saturated heterocycles. The Bertz CT molecular complexity index is 1540. The molecular weight excluding hydrogens is 460 g/mol. The van der Waals surface area contributed by atoms with E-state index in [2.05, 4.69) is 81.7 Å². The SMILES string of the molecule is Cc1cccc(CCN(Cc2cc3cc(C)ccc3[nH]c2=O)Cc2nnnn2CCc2ccccc2)c1. The Hall–Kier alpha value is -4.10. The van der Waals surface area contributed by atoms with Crippen LogP contribution in [-0.2, 0) is 32.5 Å². The van der Waals surface area contributed by atoms with Gasteiger partial charge >= 0.3 is 0 Å². The molecule has 7 nitrogen and oxygen atoms in total. The predicted octanol–water partition coefficient (Wildman–Crippen LogP) is 4.62. The largest absolute Gasteiger partial charge is 0.322 e. The Labute approximate surface area is 216 Å². The number of aromatic amines is 1. The number of nitrogens with one attached hydrogen (secondary N) is 1. The lowest BCUT2D eigenvalue weighted by molar-refractivity contribution is 0.247. The summed E-state index contributed by atoms with van der Waals surface area (Å²) in [4.78, 5) is 18.3. The number of aryl methyl sites for hydroxylation is 4. The number of H-pyrrole nitrogens is 1. The van der Waals surface area contributed by atoms with Crippen molar-refractivity contribution >= 4 is 10.9 Å². The lowest BCUT2D eigenvalue weighted by atomic mass is 10.1. The Balaban J connectivity index is 1.37. The average Bonchev–Trinajstić information content (AvgIpc) is 3.34. The number of hydrogen-bond donors (Lipinski definition) is 1. The first-order chi connectivity index (χ1) is 18.0. The molecule has 0 aliphatic heterocycles. The predicted molar refractivity (Wildman–Crippen MR) is 146 cm³/mol. The second-order valence-electron chi connectivity index (χ2n) is 9.72. The fourth-order valence-electron chi connectivity index (χ4n) is 4.69. The Morgan fingerprint density at radius 3 is 2.49 bits per heavy atom. The Kier molecular flexibility index (Phi) is 7.51. The van der Waals surface area contributed by atoms with Gasteiger partial charge in [-0.05, 0) is 71.8 Å². The van der Waals surface area contributed by atoms with Gasteiger partial charge in [0, 0.05) is 30.7 Å². The van der Waals surface area contributed by atoms with Gasteiger partial charge in [-0.1, -0.05) is 71.8 Å². The fraction of sp³-hybridized carbons (Fsp3) is 0.267. The van der Waals surface area contributed by atoms with E-state index < -0.39 is 0 Å². The maximum absolute atomic E-state index is 13.0. The molecule has 2 heterocycles. The number of pyridine rings is 1. The number of benzene rings is 3. The summed E-state index contributed by atoms with van der Waals surface area (Å²) in [6.07, 6.45) is 1.73. The second kappa shape index (κ2) is 11.3. The van der Waals surface area contributed by atoms with Crippen molar-refractivity contribution in [3.63, 3.8) is 0 Å². The van der Waals surface area contributed by atoms with E-state index in [9.17, 15) is 4.79 Å². The smallest absolute Gasteiger partial charge is 0.252 e. The van der Waals surface area contributed by atoms with Crippen molar-refractivity contribution in [2.24, 2.45) is 0 Å². The molecule has 1 N–H and O–H groups in total. The van der Waals surface area contributed by atoms with Crippen molar-refractivity contribution in [3.05, 3.63) is 123 Å². The van der Waals surface area contributed by atoms with E-state index in [4.69, 9.17) is 0 Å². The van der Waals surface area contributed by atoms with Gasteiger partial charge in [-0.15, -0.1) is 5.10 Å². The van der Waals surface area contributed by atoms with Crippen LogP contribution in [0, 0.1) is 13.8 Å². The van der Waals surface area contributed by atoms with Crippen LogP contribution < -0.4 is 5.56 Å². The van der Waals surface area contributed by atoms with Crippen molar-refractivity contribution in [1.82, 2.24) is 30.1 Å². The summed E-state index contributed by atoms with van der Waals surface area (Å²) in [5.74, 6) is 0.799. The van der Waals surface area contributed by atoms with Crippen LogP contribution in [0.5, 0.6) is 0 Å². The van der Waals surface area contributed by atoms with Gasteiger partial charge in [-0.25, -0.2) is 4.68 Å². The highest BCUT2D eigenvalue weighted by Crippen LogP contribution is 2.16. The minimum atomic E-state index is -0.0550. The number of tetrazole rings is 1. The lowest BCUT2D eigenvalue weighted by Crippen LogP contribution is -2.30. The first-order valence-electron chi connectivity index (χ1n) is 12.7. The van der Waals surface area contributed by atoms with Crippen molar-refractivity contribution in [1.29, 1.82) is 0 Å². The van der Waals surface area contributed by atoms with Crippen molar-refractivity contribution in [3.8, 4) is 0 Å². The highest BCUT2D eigenvalue weighted by molar-refractivity contribution is 5.79. The van der Waals surface area contributed by atoms with E-state index in [-0.39, 0.29) is 5.56 Å². The summed E-state index contributed by atoms with van der Waals surface area (Å²) >= 11 is 0. The first kappa shape index (κ1) is 24.6. The third kappa shape index (κ3) is 6.37. The lowest BCUT2D eigenvalue weighted by Gasteiger charge is -2.22. The van der Waals surface area contributed by atoms with E-state index in [1.54, 1.807) is 0 Å². The van der Waals surface area contributed by atoms with Crippen molar-refractivity contribution in [2.45, 2.75) is 46.3 Å². The molecule has 0 spiro atoms. The Morgan fingerprint density at radius 1 is 0.838 bits per heavy atom. The average molecular weight is 493 g/mol. The zero-order valence-corrected chi connectivity index (χ0v) is 21.4. The number of hydrogen-bond acceptors (Lipinski definition) is 5. The second-order valence-corrected chi connectivity index (χ2v) is 9.72. The molecule has 7 heteroatoms. The first-order valence-corrected chi connectivity index (χ1v) is 12.7. The maximum atomic E-state index is 13.0. The molecule has 0 radical (unpaired) electrons. The van der Waals surface area contributed by atoms with Gasteiger partial charge in [0.25, 0.3) is 5.56 Å². The molecule has 0 bridgehead atoms. The summed E-state index contributed by atoms with van der Waals surface area (Å²) in [5.41, 5.74) is 6.48. The summed E-state index contributed by atoms with van der Waals surface area (Å²) < 4.78 is 1.88. The zero-order chi connectivity index (χ0) is 25.6. The molecule has 5 aromatic rings.